The van der Waals surface area contributed by atoms with E-state index in [-0.39, 0.29) is 43.7 Å². The van der Waals surface area contributed by atoms with Crippen LogP contribution in [0.25, 0.3) is 0 Å². The Morgan fingerprint density at radius 1 is 1.31 bits per heavy atom. The van der Waals surface area contributed by atoms with Crippen LogP contribution in [-0.4, -0.2) is 65.5 Å². The minimum atomic E-state index is -0.922. The highest BCUT2D eigenvalue weighted by Gasteiger charge is 2.46. The molecule has 1 fully saturated rings. The van der Waals surface area contributed by atoms with Gasteiger partial charge in [0.05, 0.1) is 12.7 Å². The first kappa shape index (κ1) is 23.4. The average Bonchev–Trinajstić information content (AvgIpc) is 3.41. The number of hydrogen-bond acceptors (Lipinski definition) is 8. The largest absolute Gasteiger partial charge is 0.480 e. The number of amides is 2. The zero-order chi connectivity index (χ0) is 24.6. The number of fused-ring (bicyclic) bond motifs is 2. The second kappa shape index (κ2) is 9.38. The molecule has 0 radical (unpaired) electrons. The first-order valence-electron chi connectivity index (χ1n) is 11.8. The normalized spacial score (nSPS) is 22.9. The van der Waals surface area contributed by atoms with Crippen LogP contribution in [0.3, 0.4) is 0 Å². The maximum absolute atomic E-state index is 14.1. The monoisotopic (exact) mass is 485 g/mol. The number of ether oxygens (including phenoxy) is 2. The van der Waals surface area contributed by atoms with Gasteiger partial charge in [-0.15, -0.1) is 0 Å². The lowest BCUT2D eigenvalue weighted by atomic mass is 9.99. The molecule has 35 heavy (non-hydrogen) atoms. The molecule has 2 aromatic rings. The smallest absolute Gasteiger partial charge is 0.416 e. The highest BCUT2D eigenvalue weighted by molar-refractivity contribution is 5.95. The summed E-state index contributed by atoms with van der Waals surface area (Å²) in [6.07, 6.45) is 3.33. The van der Waals surface area contributed by atoms with E-state index in [1.54, 1.807) is 12.1 Å². The molecule has 2 amide bonds. The number of nitrogens with one attached hydrogen (secondary N) is 2. The van der Waals surface area contributed by atoms with Crippen LogP contribution in [0.1, 0.15) is 29.7 Å². The Balaban J connectivity index is 1.19. The van der Waals surface area contributed by atoms with Crippen LogP contribution in [0.4, 0.5) is 20.8 Å². The number of pyridine rings is 2. The lowest BCUT2D eigenvalue weighted by molar-refractivity contribution is -0.118. The van der Waals surface area contributed by atoms with Crippen molar-refractivity contribution >= 4 is 23.6 Å². The standard InChI is InChI=1S/C24H28FN5O5/c1-14-16-8-15(9-17(16)18(25)10-27-14)4-6-26-12-24(5-7-31)13-30(23(33)35-24)20-3-2-19-22(28-20)29-21(32)11-34-19/h2-3,10,15,26,31H,4-9,11-13H2,1H3,(H,28,29,32). The van der Waals surface area contributed by atoms with Crippen LogP contribution in [0.2, 0.25) is 0 Å². The molecule has 3 N–H and O–H groups in total. The van der Waals surface area contributed by atoms with Gasteiger partial charge in [-0.3, -0.25) is 14.7 Å². The van der Waals surface area contributed by atoms with E-state index < -0.39 is 11.7 Å². The zero-order valence-electron chi connectivity index (χ0n) is 19.5. The molecule has 0 saturated carbocycles. The fourth-order valence-corrected chi connectivity index (χ4v) is 5.06. The molecular weight excluding hydrogens is 457 g/mol. The van der Waals surface area contributed by atoms with Gasteiger partial charge < -0.3 is 25.2 Å². The van der Waals surface area contributed by atoms with E-state index in [1.165, 1.54) is 11.1 Å². The zero-order valence-corrected chi connectivity index (χ0v) is 19.5. The van der Waals surface area contributed by atoms with E-state index >= 15 is 0 Å². The number of carbonyl (C=O) groups is 2. The molecule has 2 aliphatic heterocycles. The molecule has 11 heteroatoms. The molecule has 2 unspecified atom stereocenters. The summed E-state index contributed by atoms with van der Waals surface area (Å²) in [6, 6.07) is 3.28. The van der Waals surface area contributed by atoms with Gasteiger partial charge in [-0.05, 0) is 61.9 Å². The second-order valence-electron chi connectivity index (χ2n) is 9.35. The molecule has 2 atom stereocenters. The minimum absolute atomic E-state index is 0.0799. The number of anilines is 2. The minimum Gasteiger partial charge on any atom is -0.480 e. The number of aliphatic hydroxyl groups is 1. The van der Waals surface area contributed by atoms with Gasteiger partial charge in [0.15, 0.2) is 18.2 Å². The van der Waals surface area contributed by atoms with Crippen LogP contribution < -0.4 is 20.3 Å². The van der Waals surface area contributed by atoms with Gasteiger partial charge in [0.1, 0.15) is 17.2 Å². The third-order valence-electron chi connectivity index (χ3n) is 6.90. The summed E-state index contributed by atoms with van der Waals surface area (Å²) in [5, 5.41) is 15.6. The predicted octanol–water partition coefficient (Wildman–Crippen LogP) is 1.73. The summed E-state index contributed by atoms with van der Waals surface area (Å²) in [6.45, 7) is 2.91. The third kappa shape index (κ3) is 4.65. The van der Waals surface area contributed by atoms with Gasteiger partial charge in [0.2, 0.25) is 0 Å². The summed E-state index contributed by atoms with van der Waals surface area (Å²) in [4.78, 5) is 34.2. The van der Waals surface area contributed by atoms with E-state index in [1.807, 2.05) is 6.92 Å². The van der Waals surface area contributed by atoms with Crippen molar-refractivity contribution < 1.29 is 28.6 Å². The van der Waals surface area contributed by atoms with Crippen molar-refractivity contribution in [3.63, 3.8) is 0 Å². The van der Waals surface area contributed by atoms with E-state index in [0.29, 0.717) is 37.0 Å². The van der Waals surface area contributed by atoms with Gasteiger partial charge in [-0.2, -0.15) is 0 Å². The number of nitrogens with zero attached hydrogens (tertiary/aromatic N) is 3. The Labute approximate surface area is 201 Å². The fraction of sp³-hybridized carbons (Fsp3) is 0.500. The Morgan fingerprint density at radius 2 is 2.14 bits per heavy atom. The molecule has 3 aliphatic rings. The van der Waals surface area contributed by atoms with Gasteiger partial charge in [0.25, 0.3) is 5.91 Å². The van der Waals surface area contributed by atoms with Crippen LogP contribution >= 0.6 is 0 Å². The van der Waals surface area contributed by atoms with Crippen molar-refractivity contribution in [1.82, 2.24) is 15.3 Å². The summed E-state index contributed by atoms with van der Waals surface area (Å²) in [7, 11) is 0. The van der Waals surface area contributed by atoms with Crippen LogP contribution in [0.5, 0.6) is 5.75 Å². The van der Waals surface area contributed by atoms with Gasteiger partial charge >= 0.3 is 6.09 Å². The quantitative estimate of drug-likeness (QED) is 0.483. The molecule has 0 spiro atoms. The maximum Gasteiger partial charge on any atom is 0.416 e. The van der Waals surface area contributed by atoms with Crippen LogP contribution in [0.15, 0.2) is 18.3 Å². The first-order chi connectivity index (χ1) is 16.9. The van der Waals surface area contributed by atoms with E-state index in [2.05, 4.69) is 20.6 Å². The number of cyclic esters (lactones) is 1. The molecule has 186 valence electrons. The van der Waals surface area contributed by atoms with Crippen molar-refractivity contribution in [3.8, 4) is 5.75 Å². The summed E-state index contributed by atoms with van der Waals surface area (Å²) < 4.78 is 25.2. The lowest BCUT2D eigenvalue weighted by Crippen LogP contribution is -2.45. The first-order valence-corrected chi connectivity index (χ1v) is 11.8. The molecule has 10 nitrogen and oxygen atoms in total. The maximum atomic E-state index is 14.1. The predicted molar refractivity (Wildman–Crippen MR) is 124 cm³/mol. The average molecular weight is 486 g/mol. The fourth-order valence-electron chi connectivity index (χ4n) is 5.06. The number of halogens is 1. The number of carbonyl (C=O) groups excluding carboxylic acids is 2. The van der Waals surface area contributed by atoms with Crippen molar-refractivity contribution in [2.75, 3.05) is 43.1 Å². The molecule has 2 aromatic heterocycles. The van der Waals surface area contributed by atoms with Crippen molar-refractivity contribution in [3.05, 3.63) is 41.0 Å². The molecular formula is C24H28FN5O5. The molecule has 5 rings (SSSR count). The Morgan fingerprint density at radius 3 is 2.94 bits per heavy atom. The number of aryl methyl sites for hydroxylation is 1. The van der Waals surface area contributed by atoms with Crippen LogP contribution in [-0.2, 0) is 22.4 Å². The highest BCUT2D eigenvalue weighted by Crippen LogP contribution is 2.34. The Bertz CT molecular complexity index is 1130. The van der Waals surface area contributed by atoms with Gasteiger partial charge in [0, 0.05) is 25.3 Å². The summed E-state index contributed by atoms with van der Waals surface area (Å²) in [5.74, 6) is 0.790. The third-order valence-corrected chi connectivity index (χ3v) is 6.90. The molecule has 1 aliphatic carbocycles. The molecule has 4 heterocycles. The summed E-state index contributed by atoms with van der Waals surface area (Å²) >= 11 is 0. The number of hydrogen-bond donors (Lipinski definition) is 3. The summed E-state index contributed by atoms with van der Waals surface area (Å²) in [5.41, 5.74) is 1.76. The SMILES string of the molecule is Cc1ncc(F)c2c1CC(CCNCC1(CCO)CN(c3ccc4c(n3)NC(=O)CO4)C(=O)O1)C2. The lowest BCUT2D eigenvalue weighted by Gasteiger charge is -2.27. The van der Waals surface area contributed by atoms with Crippen molar-refractivity contribution in [2.24, 2.45) is 5.92 Å². The number of aliphatic hydroxyl groups excluding tert-OH is 1. The van der Waals surface area contributed by atoms with Gasteiger partial charge in [-0.25, -0.2) is 14.2 Å². The van der Waals surface area contributed by atoms with E-state index in [9.17, 15) is 19.1 Å². The van der Waals surface area contributed by atoms with Crippen molar-refractivity contribution in [2.45, 2.75) is 38.2 Å². The molecule has 1 saturated heterocycles. The Kier molecular flexibility index (Phi) is 6.28. The molecule has 0 bridgehead atoms. The topological polar surface area (TPSA) is 126 Å². The number of aromatic nitrogens is 2. The second-order valence-corrected chi connectivity index (χ2v) is 9.35. The van der Waals surface area contributed by atoms with Crippen molar-refractivity contribution in [1.29, 1.82) is 0 Å². The Hall–Kier alpha value is -3.31. The van der Waals surface area contributed by atoms with E-state index in [0.717, 1.165) is 29.7 Å². The van der Waals surface area contributed by atoms with Gasteiger partial charge in [-0.1, -0.05) is 0 Å². The van der Waals surface area contributed by atoms with Crippen LogP contribution in [0, 0.1) is 18.7 Å². The number of rotatable bonds is 8. The molecule has 0 aromatic carbocycles. The van der Waals surface area contributed by atoms with E-state index in [4.69, 9.17) is 9.47 Å². The highest BCUT2D eigenvalue weighted by atomic mass is 19.1.